The van der Waals surface area contributed by atoms with Gasteiger partial charge in [0.2, 0.25) is 5.88 Å². The molecule has 0 unspecified atom stereocenters. The van der Waals surface area contributed by atoms with Gasteiger partial charge in [0.15, 0.2) is 0 Å². The van der Waals surface area contributed by atoms with Crippen molar-refractivity contribution in [1.29, 1.82) is 0 Å². The molecule has 4 aromatic rings. The highest BCUT2D eigenvalue weighted by Gasteiger charge is 2.34. The number of halogens is 4. The Morgan fingerprint density at radius 2 is 1.75 bits per heavy atom. The zero-order valence-corrected chi connectivity index (χ0v) is 20.1. The van der Waals surface area contributed by atoms with E-state index < -0.39 is 29.1 Å². The third kappa shape index (κ3) is 4.91. The summed E-state index contributed by atoms with van der Waals surface area (Å²) in [7, 11) is 1.37. The number of carbonyl (C=O) groups is 1. The van der Waals surface area contributed by atoms with Crippen LogP contribution in [0.15, 0.2) is 60.8 Å². The van der Waals surface area contributed by atoms with Crippen molar-refractivity contribution in [1.82, 2.24) is 9.55 Å². The number of alkyl halides is 3. The first-order valence-corrected chi connectivity index (χ1v) is 11.1. The van der Waals surface area contributed by atoms with E-state index in [-0.39, 0.29) is 34.6 Å². The van der Waals surface area contributed by atoms with E-state index in [0.717, 1.165) is 12.1 Å². The lowest BCUT2D eigenvalue weighted by molar-refractivity contribution is -0.137. The van der Waals surface area contributed by atoms with E-state index in [0.29, 0.717) is 11.1 Å². The SMILES string of the molecule is COc1ncccc1-c1c(C(=O)OC(C)(C)C)n(Cc2ccccc2F)c2ccc(C(F)(F)F)cc12. The van der Waals surface area contributed by atoms with Crippen molar-refractivity contribution in [2.45, 2.75) is 39.1 Å². The molecule has 2 aromatic heterocycles. The average molecular weight is 500 g/mol. The van der Waals surface area contributed by atoms with E-state index in [2.05, 4.69) is 4.98 Å². The summed E-state index contributed by atoms with van der Waals surface area (Å²) in [6.07, 6.45) is -3.15. The maximum Gasteiger partial charge on any atom is 0.416 e. The largest absolute Gasteiger partial charge is 0.481 e. The van der Waals surface area contributed by atoms with E-state index in [1.807, 2.05) is 0 Å². The van der Waals surface area contributed by atoms with E-state index >= 15 is 0 Å². The van der Waals surface area contributed by atoms with Crippen molar-refractivity contribution in [3.63, 3.8) is 0 Å². The van der Waals surface area contributed by atoms with Crippen molar-refractivity contribution in [3.8, 4) is 17.0 Å². The minimum atomic E-state index is -4.62. The van der Waals surface area contributed by atoms with Gasteiger partial charge in [0.05, 0.1) is 19.2 Å². The molecule has 4 rings (SSSR count). The number of ether oxygens (including phenoxy) is 2. The van der Waals surface area contributed by atoms with Crippen molar-refractivity contribution >= 4 is 16.9 Å². The molecule has 0 saturated carbocycles. The van der Waals surface area contributed by atoms with Crippen LogP contribution >= 0.6 is 0 Å². The van der Waals surface area contributed by atoms with Gasteiger partial charge < -0.3 is 14.0 Å². The number of fused-ring (bicyclic) bond motifs is 1. The maximum absolute atomic E-state index is 14.6. The van der Waals surface area contributed by atoms with Crippen molar-refractivity contribution in [2.75, 3.05) is 7.11 Å². The normalized spacial score (nSPS) is 12.1. The predicted octanol–water partition coefficient (Wildman–Crippen LogP) is 6.87. The summed E-state index contributed by atoms with van der Waals surface area (Å²) in [6.45, 7) is 4.92. The number of rotatable bonds is 5. The van der Waals surface area contributed by atoms with E-state index in [1.54, 1.807) is 45.0 Å². The van der Waals surface area contributed by atoms with Gasteiger partial charge in [0, 0.05) is 33.8 Å². The number of benzene rings is 2. The van der Waals surface area contributed by atoms with E-state index in [1.165, 1.54) is 36.1 Å². The van der Waals surface area contributed by atoms with Gasteiger partial charge >= 0.3 is 12.1 Å². The molecule has 0 aliphatic heterocycles. The Bertz CT molecular complexity index is 1440. The fourth-order valence-corrected chi connectivity index (χ4v) is 4.05. The average Bonchev–Trinajstić information content (AvgIpc) is 3.12. The smallest absolute Gasteiger partial charge is 0.416 e. The molecule has 0 N–H and O–H groups in total. The van der Waals surface area contributed by atoms with Gasteiger partial charge in [0.25, 0.3) is 0 Å². The minimum absolute atomic E-state index is 0.0335. The maximum atomic E-state index is 14.6. The van der Waals surface area contributed by atoms with Crippen LogP contribution in [0.2, 0.25) is 0 Å². The Kier molecular flexibility index (Phi) is 6.51. The van der Waals surface area contributed by atoms with Crippen LogP contribution in [-0.2, 0) is 17.5 Å². The molecule has 2 aromatic carbocycles. The summed E-state index contributed by atoms with van der Waals surface area (Å²) in [6, 6.07) is 12.4. The predicted molar refractivity (Wildman–Crippen MR) is 127 cm³/mol. The van der Waals surface area contributed by atoms with Crippen LogP contribution < -0.4 is 4.74 Å². The third-order valence-corrected chi connectivity index (χ3v) is 5.50. The van der Waals surface area contributed by atoms with Gasteiger partial charge in [-0.25, -0.2) is 14.2 Å². The topological polar surface area (TPSA) is 53.4 Å². The van der Waals surface area contributed by atoms with Crippen molar-refractivity contribution in [3.05, 3.63) is 83.4 Å². The van der Waals surface area contributed by atoms with Gasteiger partial charge in [-0.05, 0) is 57.2 Å². The van der Waals surface area contributed by atoms with Crippen LogP contribution in [-0.4, -0.2) is 28.2 Å². The zero-order valence-electron chi connectivity index (χ0n) is 20.1. The summed E-state index contributed by atoms with van der Waals surface area (Å²) in [5, 5.41) is 0.133. The number of pyridine rings is 1. The van der Waals surface area contributed by atoms with Gasteiger partial charge in [-0.2, -0.15) is 13.2 Å². The highest BCUT2D eigenvalue weighted by molar-refractivity contribution is 6.09. The van der Waals surface area contributed by atoms with Crippen LogP contribution in [0.5, 0.6) is 5.88 Å². The van der Waals surface area contributed by atoms with Crippen molar-refractivity contribution in [2.24, 2.45) is 0 Å². The van der Waals surface area contributed by atoms with E-state index in [9.17, 15) is 22.4 Å². The van der Waals surface area contributed by atoms with Gasteiger partial charge in [-0.15, -0.1) is 0 Å². The summed E-state index contributed by atoms with van der Waals surface area (Å²) < 4.78 is 68.2. The van der Waals surface area contributed by atoms with Gasteiger partial charge in [-0.1, -0.05) is 18.2 Å². The van der Waals surface area contributed by atoms with Crippen molar-refractivity contribution < 1.29 is 31.8 Å². The fraction of sp³-hybridized carbons (Fsp3) is 0.259. The lowest BCUT2D eigenvalue weighted by Gasteiger charge is -2.21. The molecule has 9 heteroatoms. The quantitative estimate of drug-likeness (QED) is 0.222. The molecule has 2 heterocycles. The second-order valence-electron chi connectivity index (χ2n) is 9.19. The molecule has 0 bridgehead atoms. The number of hydrogen-bond donors (Lipinski definition) is 0. The molecule has 0 fully saturated rings. The molecule has 188 valence electrons. The third-order valence-electron chi connectivity index (χ3n) is 5.50. The first-order valence-electron chi connectivity index (χ1n) is 11.1. The fourth-order valence-electron chi connectivity index (χ4n) is 4.05. The summed E-state index contributed by atoms with van der Waals surface area (Å²) in [4.78, 5) is 17.7. The highest BCUT2D eigenvalue weighted by Crippen LogP contribution is 2.42. The number of aromatic nitrogens is 2. The Labute approximate surface area is 205 Å². The Hall–Kier alpha value is -3.88. The van der Waals surface area contributed by atoms with Crippen LogP contribution in [0.1, 0.15) is 42.4 Å². The number of methoxy groups -OCH3 is 1. The molecule has 0 saturated heterocycles. The molecular weight excluding hydrogens is 476 g/mol. The molecule has 0 amide bonds. The van der Waals surface area contributed by atoms with Gasteiger partial charge in [0.1, 0.15) is 17.1 Å². The molecule has 0 radical (unpaired) electrons. The van der Waals surface area contributed by atoms with Crippen LogP contribution in [0.3, 0.4) is 0 Å². The monoisotopic (exact) mass is 500 g/mol. The molecular formula is C27H24F4N2O3. The molecule has 0 aliphatic carbocycles. The number of nitrogens with zero attached hydrogens (tertiary/aromatic N) is 2. The minimum Gasteiger partial charge on any atom is -0.481 e. The second kappa shape index (κ2) is 9.29. The van der Waals surface area contributed by atoms with Gasteiger partial charge in [-0.3, -0.25) is 0 Å². The molecule has 0 aliphatic rings. The Morgan fingerprint density at radius 3 is 2.39 bits per heavy atom. The zero-order chi connectivity index (χ0) is 26.3. The lowest BCUT2D eigenvalue weighted by atomic mass is 10.0. The number of hydrogen-bond acceptors (Lipinski definition) is 4. The summed E-state index contributed by atoms with van der Waals surface area (Å²) in [5.74, 6) is -1.17. The first-order chi connectivity index (χ1) is 16.9. The standard InChI is InChI=1S/C27H24F4N2O3/c1-26(2,3)36-25(34)23-22(18-9-7-13-32-24(18)35-4)19-14-17(27(29,30)31)11-12-21(19)33(23)15-16-8-5-6-10-20(16)28/h5-14H,15H2,1-4H3. The lowest BCUT2D eigenvalue weighted by Crippen LogP contribution is -2.26. The Balaban J connectivity index is 2.12. The highest BCUT2D eigenvalue weighted by atomic mass is 19.4. The van der Waals surface area contributed by atoms with Crippen LogP contribution in [0.4, 0.5) is 17.6 Å². The van der Waals surface area contributed by atoms with Crippen LogP contribution in [0.25, 0.3) is 22.0 Å². The summed E-state index contributed by atoms with van der Waals surface area (Å²) in [5.41, 5.74) is -0.809. The molecule has 0 spiro atoms. The number of carbonyl (C=O) groups excluding carboxylic acids is 1. The van der Waals surface area contributed by atoms with E-state index in [4.69, 9.17) is 9.47 Å². The molecule has 36 heavy (non-hydrogen) atoms. The van der Waals surface area contributed by atoms with Crippen LogP contribution in [0, 0.1) is 5.82 Å². The second-order valence-corrected chi connectivity index (χ2v) is 9.19. The summed E-state index contributed by atoms with van der Waals surface area (Å²) >= 11 is 0. The first kappa shape index (κ1) is 25.2. The Morgan fingerprint density at radius 1 is 1.03 bits per heavy atom. The molecule has 5 nitrogen and oxygen atoms in total. The molecule has 0 atom stereocenters. The number of esters is 1.